The van der Waals surface area contributed by atoms with Gasteiger partial charge in [-0.2, -0.15) is 0 Å². The standard InChI is InChI=1S/C24H20N2O6/c1-31-16-6-8-21(27)18(11-16)20-13-26(15-5-3-4-14(10-15)24(29)30)23(25-20)19-12-17(32-2)7-9-22(19)28/h3-13,27-28H,1-2H3,(H,29,30). The molecule has 0 aliphatic heterocycles. The fourth-order valence-corrected chi connectivity index (χ4v) is 3.35. The van der Waals surface area contributed by atoms with Crippen LogP contribution < -0.4 is 9.47 Å². The van der Waals surface area contributed by atoms with Crippen LogP contribution in [0.1, 0.15) is 10.4 Å². The molecule has 8 nitrogen and oxygen atoms in total. The van der Waals surface area contributed by atoms with E-state index in [4.69, 9.17) is 9.47 Å². The van der Waals surface area contributed by atoms with Crippen molar-refractivity contribution in [3.8, 4) is 51.3 Å². The molecule has 162 valence electrons. The van der Waals surface area contributed by atoms with Gasteiger partial charge in [0.25, 0.3) is 0 Å². The number of carboxylic acid groups (broad SMARTS) is 1. The van der Waals surface area contributed by atoms with Crippen molar-refractivity contribution in [2.24, 2.45) is 0 Å². The Morgan fingerprint density at radius 2 is 1.50 bits per heavy atom. The van der Waals surface area contributed by atoms with Gasteiger partial charge >= 0.3 is 5.97 Å². The molecule has 0 aliphatic carbocycles. The zero-order chi connectivity index (χ0) is 22.8. The largest absolute Gasteiger partial charge is 0.507 e. The van der Waals surface area contributed by atoms with E-state index in [-0.39, 0.29) is 17.1 Å². The van der Waals surface area contributed by atoms with E-state index in [0.29, 0.717) is 39.8 Å². The number of hydrogen-bond acceptors (Lipinski definition) is 6. The van der Waals surface area contributed by atoms with Crippen LogP contribution >= 0.6 is 0 Å². The summed E-state index contributed by atoms with van der Waals surface area (Å²) in [7, 11) is 3.03. The molecule has 32 heavy (non-hydrogen) atoms. The molecule has 8 heteroatoms. The molecule has 3 aromatic carbocycles. The molecule has 0 bridgehead atoms. The molecule has 3 N–H and O–H groups in total. The summed E-state index contributed by atoms with van der Waals surface area (Å²) in [5, 5.41) is 30.4. The van der Waals surface area contributed by atoms with Crippen molar-refractivity contribution in [2.45, 2.75) is 0 Å². The van der Waals surface area contributed by atoms with E-state index in [2.05, 4.69) is 4.98 Å². The number of benzene rings is 3. The highest BCUT2D eigenvalue weighted by atomic mass is 16.5. The smallest absolute Gasteiger partial charge is 0.335 e. The summed E-state index contributed by atoms with van der Waals surface area (Å²) < 4.78 is 12.2. The van der Waals surface area contributed by atoms with Crippen LogP contribution in [0, 0.1) is 0 Å². The van der Waals surface area contributed by atoms with Crippen molar-refractivity contribution < 1.29 is 29.6 Å². The Bertz CT molecular complexity index is 1310. The summed E-state index contributed by atoms with van der Waals surface area (Å²) in [5.41, 5.74) is 1.81. The highest BCUT2D eigenvalue weighted by Gasteiger charge is 2.19. The molecule has 1 heterocycles. The number of phenols is 2. The van der Waals surface area contributed by atoms with Crippen LogP contribution in [-0.2, 0) is 0 Å². The third-order valence-electron chi connectivity index (χ3n) is 5.00. The van der Waals surface area contributed by atoms with Crippen molar-refractivity contribution >= 4 is 5.97 Å². The number of phenolic OH excluding ortho intramolecular Hbond substituents is 2. The van der Waals surface area contributed by atoms with Crippen molar-refractivity contribution in [3.05, 3.63) is 72.4 Å². The van der Waals surface area contributed by atoms with Crippen molar-refractivity contribution in [1.82, 2.24) is 9.55 Å². The molecule has 4 rings (SSSR count). The fourth-order valence-electron chi connectivity index (χ4n) is 3.35. The monoisotopic (exact) mass is 432 g/mol. The normalized spacial score (nSPS) is 10.7. The van der Waals surface area contributed by atoms with Gasteiger partial charge in [0.1, 0.15) is 28.8 Å². The minimum absolute atomic E-state index is 0.00356. The molecule has 0 atom stereocenters. The van der Waals surface area contributed by atoms with Gasteiger partial charge in [-0.1, -0.05) is 6.07 Å². The molecule has 0 amide bonds. The van der Waals surface area contributed by atoms with Gasteiger partial charge in [0.05, 0.1) is 31.0 Å². The molecule has 0 unspecified atom stereocenters. The van der Waals surface area contributed by atoms with E-state index in [1.54, 1.807) is 47.2 Å². The third kappa shape index (κ3) is 3.81. The Morgan fingerprint density at radius 3 is 2.12 bits per heavy atom. The van der Waals surface area contributed by atoms with E-state index in [1.165, 1.54) is 38.5 Å². The average Bonchev–Trinajstić information content (AvgIpc) is 3.25. The quantitative estimate of drug-likeness (QED) is 0.415. The number of rotatable bonds is 6. The second kappa shape index (κ2) is 8.35. The first-order valence-corrected chi connectivity index (χ1v) is 9.59. The third-order valence-corrected chi connectivity index (χ3v) is 5.00. The lowest BCUT2D eigenvalue weighted by molar-refractivity contribution is 0.0697. The summed E-state index contributed by atoms with van der Waals surface area (Å²) in [6.07, 6.45) is 1.66. The average molecular weight is 432 g/mol. The summed E-state index contributed by atoms with van der Waals surface area (Å²) in [4.78, 5) is 16.1. The number of aromatic nitrogens is 2. The predicted molar refractivity (Wildman–Crippen MR) is 118 cm³/mol. The van der Waals surface area contributed by atoms with Gasteiger partial charge in [0.15, 0.2) is 0 Å². The van der Waals surface area contributed by atoms with E-state index in [1.807, 2.05) is 0 Å². The molecular formula is C24H20N2O6. The lowest BCUT2D eigenvalue weighted by atomic mass is 10.1. The number of aromatic carboxylic acids is 1. The van der Waals surface area contributed by atoms with Gasteiger partial charge in [0.2, 0.25) is 0 Å². The Labute approximate surface area is 183 Å². The number of imidazole rings is 1. The zero-order valence-corrected chi connectivity index (χ0v) is 17.3. The van der Waals surface area contributed by atoms with Gasteiger partial charge in [-0.15, -0.1) is 0 Å². The van der Waals surface area contributed by atoms with E-state index in [9.17, 15) is 20.1 Å². The second-order valence-electron chi connectivity index (χ2n) is 6.94. The van der Waals surface area contributed by atoms with Crippen molar-refractivity contribution in [2.75, 3.05) is 14.2 Å². The molecule has 1 aromatic heterocycles. The van der Waals surface area contributed by atoms with Crippen LogP contribution in [0.25, 0.3) is 28.3 Å². The number of methoxy groups -OCH3 is 2. The van der Waals surface area contributed by atoms with Crippen LogP contribution in [0.4, 0.5) is 0 Å². The Hall–Kier alpha value is -4.46. The fraction of sp³-hybridized carbons (Fsp3) is 0.0833. The minimum atomic E-state index is -1.07. The van der Waals surface area contributed by atoms with Crippen LogP contribution in [0.2, 0.25) is 0 Å². The maximum atomic E-state index is 11.5. The zero-order valence-electron chi connectivity index (χ0n) is 17.3. The number of aromatic hydroxyl groups is 2. The number of ether oxygens (including phenoxy) is 2. The maximum Gasteiger partial charge on any atom is 0.335 e. The first-order valence-electron chi connectivity index (χ1n) is 9.59. The molecule has 0 radical (unpaired) electrons. The van der Waals surface area contributed by atoms with Crippen molar-refractivity contribution in [3.63, 3.8) is 0 Å². The molecular weight excluding hydrogens is 412 g/mol. The molecule has 0 saturated carbocycles. The van der Waals surface area contributed by atoms with E-state index >= 15 is 0 Å². The van der Waals surface area contributed by atoms with Gasteiger partial charge < -0.3 is 24.8 Å². The van der Waals surface area contributed by atoms with E-state index < -0.39 is 5.97 Å². The highest BCUT2D eigenvalue weighted by molar-refractivity contribution is 5.88. The van der Waals surface area contributed by atoms with Gasteiger partial charge in [-0.3, -0.25) is 4.57 Å². The molecule has 4 aromatic rings. The number of hydrogen-bond donors (Lipinski definition) is 3. The van der Waals surface area contributed by atoms with Crippen molar-refractivity contribution in [1.29, 1.82) is 0 Å². The van der Waals surface area contributed by atoms with Crippen LogP contribution in [0.3, 0.4) is 0 Å². The van der Waals surface area contributed by atoms with Gasteiger partial charge in [0, 0.05) is 17.4 Å². The van der Waals surface area contributed by atoms with Gasteiger partial charge in [-0.05, 0) is 54.6 Å². The number of nitrogens with zero attached hydrogens (tertiary/aromatic N) is 2. The van der Waals surface area contributed by atoms with Crippen LogP contribution in [0.15, 0.2) is 66.9 Å². The summed E-state index contributed by atoms with van der Waals surface area (Å²) in [6.45, 7) is 0. The topological polar surface area (TPSA) is 114 Å². The molecule has 0 saturated heterocycles. The first-order chi connectivity index (χ1) is 15.4. The lowest BCUT2D eigenvalue weighted by Gasteiger charge is -2.11. The summed E-state index contributed by atoms with van der Waals surface area (Å²) in [6, 6.07) is 15.8. The summed E-state index contributed by atoms with van der Waals surface area (Å²) in [5.74, 6) is 0.276. The number of carboxylic acids is 1. The van der Waals surface area contributed by atoms with E-state index in [0.717, 1.165) is 0 Å². The van der Waals surface area contributed by atoms with Gasteiger partial charge in [-0.25, -0.2) is 9.78 Å². The Balaban J connectivity index is 1.98. The lowest BCUT2D eigenvalue weighted by Crippen LogP contribution is -2.01. The predicted octanol–water partition coefficient (Wildman–Crippen LogP) is 4.33. The number of carbonyl (C=O) groups is 1. The highest BCUT2D eigenvalue weighted by Crippen LogP contribution is 2.38. The minimum Gasteiger partial charge on any atom is -0.507 e. The SMILES string of the molecule is COc1ccc(O)c(-c2cn(-c3cccc(C(=O)O)c3)c(-c3cc(OC)ccc3O)n2)c1. The first kappa shape index (κ1) is 20.8. The Morgan fingerprint density at radius 1 is 0.875 bits per heavy atom. The molecule has 0 spiro atoms. The summed E-state index contributed by atoms with van der Waals surface area (Å²) >= 11 is 0. The molecule has 0 fully saturated rings. The molecule has 0 aliphatic rings. The second-order valence-corrected chi connectivity index (χ2v) is 6.94. The van der Waals surface area contributed by atoms with Crippen LogP contribution in [0.5, 0.6) is 23.0 Å². The Kier molecular flexibility index (Phi) is 5.43. The maximum absolute atomic E-state index is 11.5. The van der Waals surface area contributed by atoms with Crippen LogP contribution in [-0.4, -0.2) is 45.1 Å².